The molecule has 1 fully saturated rings. The van der Waals surface area contributed by atoms with E-state index in [2.05, 4.69) is 10.2 Å². The van der Waals surface area contributed by atoms with Crippen molar-refractivity contribution in [3.05, 3.63) is 42.5 Å². The van der Waals surface area contributed by atoms with Gasteiger partial charge < -0.3 is 10.1 Å². The van der Waals surface area contributed by atoms with Crippen molar-refractivity contribution in [1.29, 1.82) is 0 Å². The fraction of sp³-hybridized carbons (Fsp3) is 0.450. The van der Waals surface area contributed by atoms with Gasteiger partial charge in [0.1, 0.15) is 0 Å². The number of hydrogen-bond acceptors (Lipinski definition) is 5. The number of carbonyl (C=O) groups excluding carboxylic acids is 1. The lowest BCUT2D eigenvalue weighted by molar-refractivity contribution is -0.121. The van der Waals surface area contributed by atoms with E-state index in [1.165, 1.54) is 7.05 Å². The predicted molar refractivity (Wildman–Crippen MR) is 109 cm³/mol. The van der Waals surface area contributed by atoms with Crippen molar-refractivity contribution < 1.29 is 17.9 Å². The Labute approximate surface area is 166 Å². The molecule has 0 atom stereocenters. The van der Waals surface area contributed by atoms with Crippen LogP contribution < -0.4 is 5.32 Å². The van der Waals surface area contributed by atoms with Crippen LogP contribution >= 0.6 is 0 Å². The summed E-state index contributed by atoms with van der Waals surface area (Å²) in [5.41, 5.74) is 0. The molecule has 0 unspecified atom stereocenters. The summed E-state index contributed by atoms with van der Waals surface area (Å²) in [6.07, 6.45) is 0.826. The summed E-state index contributed by atoms with van der Waals surface area (Å²) in [5.74, 6) is -0.297. The molecule has 1 saturated heterocycles. The topological polar surface area (TPSA) is 79.0 Å². The molecule has 1 N–H and O–H groups in total. The Morgan fingerprint density at radius 3 is 2.61 bits per heavy atom. The number of sulfonamides is 1. The van der Waals surface area contributed by atoms with Gasteiger partial charge in [-0.1, -0.05) is 30.3 Å². The van der Waals surface area contributed by atoms with Gasteiger partial charge >= 0.3 is 0 Å². The number of nitrogens with zero attached hydrogens (tertiary/aromatic N) is 2. The third-order valence-electron chi connectivity index (χ3n) is 4.87. The van der Waals surface area contributed by atoms with Crippen LogP contribution in [0.25, 0.3) is 10.8 Å². The highest BCUT2D eigenvalue weighted by atomic mass is 32.2. The molecular weight excluding hydrogens is 378 g/mol. The number of likely N-dealkylation sites (N-methyl/N-ethyl adjacent to an activating group) is 1. The zero-order chi connectivity index (χ0) is 20.0. The maximum Gasteiger partial charge on any atom is 0.243 e. The molecule has 152 valence electrons. The molecular formula is C20H27N3O4S. The first-order valence-electron chi connectivity index (χ1n) is 9.49. The Morgan fingerprint density at radius 1 is 1.14 bits per heavy atom. The molecule has 1 heterocycles. The van der Waals surface area contributed by atoms with Crippen LogP contribution in [0.3, 0.4) is 0 Å². The van der Waals surface area contributed by atoms with Crippen LogP contribution in [0.2, 0.25) is 0 Å². The molecule has 7 nitrogen and oxygen atoms in total. The molecule has 28 heavy (non-hydrogen) atoms. The Kier molecular flexibility index (Phi) is 7.01. The second-order valence-corrected chi connectivity index (χ2v) is 8.97. The average molecular weight is 406 g/mol. The Bertz CT molecular complexity index is 911. The van der Waals surface area contributed by atoms with Crippen LogP contribution in [0.15, 0.2) is 47.4 Å². The first-order chi connectivity index (χ1) is 13.5. The summed E-state index contributed by atoms with van der Waals surface area (Å²) in [6, 6.07) is 12.6. The van der Waals surface area contributed by atoms with Crippen molar-refractivity contribution in [3.63, 3.8) is 0 Å². The van der Waals surface area contributed by atoms with Gasteiger partial charge in [0, 0.05) is 26.7 Å². The fourth-order valence-electron chi connectivity index (χ4n) is 3.21. The van der Waals surface area contributed by atoms with Gasteiger partial charge in [-0.15, -0.1) is 0 Å². The van der Waals surface area contributed by atoms with Crippen molar-refractivity contribution in [1.82, 2.24) is 14.5 Å². The number of nitrogens with one attached hydrogen (secondary N) is 1. The second kappa shape index (κ2) is 9.47. The number of ether oxygens (including phenoxy) is 1. The second-order valence-electron chi connectivity index (χ2n) is 6.93. The van der Waals surface area contributed by atoms with Gasteiger partial charge in [0.25, 0.3) is 0 Å². The first-order valence-corrected chi connectivity index (χ1v) is 10.9. The average Bonchev–Trinajstić information content (AvgIpc) is 2.71. The van der Waals surface area contributed by atoms with E-state index in [0.717, 1.165) is 54.3 Å². The third-order valence-corrected chi connectivity index (χ3v) is 6.67. The monoisotopic (exact) mass is 405 g/mol. The molecule has 1 aliphatic rings. The maximum atomic E-state index is 12.8. The van der Waals surface area contributed by atoms with E-state index in [0.29, 0.717) is 6.54 Å². The van der Waals surface area contributed by atoms with Crippen molar-refractivity contribution in [3.8, 4) is 0 Å². The summed E-state index contributed by atoms with van der Waals surface area (Å²) in [5, 5.41) is 4.63. The molecule has 1 aliphatic heterocycles. The molecule has 2 aromatic rings. The highest BCUT2D eigenvalue weighted by molar-refractivity contribution is 7.89. The minimum Gasteiger partial charge on any atom is -0.379 e. The van der Waals surface area contributed by atoms with Crippen LogP contribution in [0.1, 0.15) is 6.42 Å². The van der Waals surface area contributed by atoms with Crippen LogP contribution in [0, 0.1) is 0 Å². The summed E-state index contributed by atoms with van der Waals surface area (Å²) in [4.78, 5) is 14.6. The highest BCUT2D eigenvalue weighted by Crippen LogP contribution is 2.21. The molecule has 8 heteroatoms. The first kappa shape index (κ1) is 20.7. The lowest BCUT2D eigenvalue weighted by Gasteiger charge is -2.26. The van der Waals surface area contributed by atoms with E-state index in [4.69, 9.17) is 4.74 Å². The quantitative estimate of drug-likeness (QED) is 0.670. The van der Waals surface area contributed by atoms with Crippen LogP contribution in [0.4, 0.5) is 0 Å². The molecule has 0 aliphatic carbocycles. The van der Waals surface area contributed by atoms with Gasteiger partial charge in [-0.25, -0.2) is 8.42 Å². The SMILES string of the molecule is CN(CC(=O)NCCCN1CCOCC1)S(=O)(=O)c1ccc2ccccc2c1. The lowest BCUT2D eigenvalue weighted by atomic mass is 10.1. The highest BCUT2D eigenvalue weighted by Gasteiger charge is 2.23. The summed E-state index contributed by atoms with van der Waals surface area (Å²) >= 11 is 0. The summed E-state index contributed by atoms with van der Waals surface area (Å²) in [7, 11) is -2.29. The number of carbonyl (C=O) groups is 1. The summed E-state index contributed by atoms with van der Waals surface area (Å²) in [6.45, 7) is 4.57. The number of hydrogen-bond donors (Lipinski definition) is 1. The molecule has 0 aromatic heterocycles. The van der Waals surface area contributed by atoms with Crippen LogP contribution in [-0.2, 0) is 19.6 Å². The van der Waals surface area contributed by atoms with Crippen molar-refractivity contribution in [2.75, 3.05) is 53.0 Å². The normalized spacial score (nSPS) is 15.8. The number of fused-ring (bicyclic) bond motifs is 1. The van der Waals surface area contributed by atoms with E-state index in [1.807, 2.05) is 24.3 Å². The largest absolute Gasteiger partial charge is 0.379 e. The van der Waals surface area contributed by atoms with Crippen LogP contribution in [-0.4, -0.2) is 76.5 Å². The fourth-order valence-corrected chi connectivity index (χ4v) is 4.37. The number of morpholine rings is 1. The van der Waals surface area contributed by atoms with Gasteiger partial charge in [-0.3, -0.25) is 9.69 Å². The number of benzene rings is 2. The minimum absolute atomic E-state index is 0.189. The third kappa shape index (κ3) is 5.29. The molecule has 0 radical (unpaired) electrons. The minimum atomic E-state index is -3.72. The maximum absolute atomic E-state index is 12.8. The van der Waals surface area contributed by atoms with E-state index in [9.17, 15) is 13.2 Å². The zero-order valence-electron chi connectivity index (χ0n) is 16.1. The Morgan fingerprint density at radius 2 is 1.86 bits per heavy atom. The molecule has 0 saturated carbocycles. The zero-order valence-corrected chi connectivity index (χ0v) is 17.0. The Balaban J connectivity index is 1.50. The van der Waals surface area contributed by atoms with E-state index < -0.39 is 10.0 Å². The summed E-state index contributed by atoms with van der Waals surface area (Å²) < 4.78 is 31.9. The van der Waals surface area contributed by atoms with E-state index in [-0.39, 0.29) is 17.3 Å². The van der Waals surface area contributed by atoms with Gasteiger partial charge in [-0.05, 0) is 35.9 Å². The van der Waals surface area contributed by atoms with Crippen molar-refractivity contribution in [2.45, 2.75) is 11.3 Å². The Hall–Kier alpha value is -2.00. The molecule has 0 spiro atoms. The van der Waals surface area contributed by atoms with E-state index in [1.54, 1.807) is 18.2 Å². The lowest BCUT2D eigenvalue weighted by Crippen LogP contribution is -2.40. The van der Waals surface area contributed by atoms with E-state index >= 15 is 0 Å². The molecule has 3 rings (SSSR count). The van der Waals surface area contributed by atoms with Crippen LogP contribution in [0.5, 0.6) is 0 Å². The van der Waals surface area contributed by atoms with Gasteiger partial charge in [0.2, 0.25) is 15.9 Å². The predicted octanol–water partition coefficient (Wildman–Crippen LogP) is 1.30. The standard InChI is InChI=1S/C20H27N3O4S/c1-22(16-20(24)21-9-4-10-23-11-13-27-14-12-23)28(25,26)19-8-7-17-5-2-3-6-18(17)15-19/h2-3,5-8,15H,4,9-14,16H2,1H3,(H,21,24). The van der Waals surface area contributed by atoms with Crippen molar-refractivity contribution >= 4 is 26.7 Å². The van der Waals surface area contributed by atoms with Crippen molar-refractivity contribution in [2.24, 2.45) is 0 Å². The molecule has 2 aromatic carbocycles. The van der Waals surface area contributed by atoms with Gasteiger partial charge in [-0.2, -0.15) is 4.31 Å². The molecule has 0 bridgehead atoms. The number of amides is 1. The smallest absolute Gasteiger partial charge is 0.243 e. The van der Waals surface area contributed by atoms with Gasteiger partial charge in [0.05, 0.1) is 24.7 Å². The van der Waals surface area contributed by atoms with Gasteiger partial charge in [0.15, 0.2) is 0 Å². The molecule has 1 amide bonds. The number of rotatable bonds is 8.